The first-order chi connectivity index (χ1) is 7.00. The molecule has 0 aromatic carbocycles. The number of nitrogens with two attached hydrogens (primary N) is 1. The van der Waals surface area contributed by atoms with E-state index in [1.54, 1.807) is 0 Å². The zero-order valence-corrected chi connectivity index (χ0v) is 9.58. The van der Waals surface area contributed by atoms with Crippen LogP contribution in [0.2, 0.25) is 0 Å². The van der Waals surface area contributed by atoms with E-state index < -0.39 is 6.03 Å². The van der Waals surface area contributed by atoms with Gasteiger partial charge in [0, 0.05) is 5.92 Å². The van der Waals surface area contributed by atoms with Crippen molar-refractivity contribution in [1.29, 1.82) is 0 Å². The van der Waals surface area contributed by atoms with Crippen LogP contribution in [0.5, 0.6) is 0 Å². The topological polar surface area (TPSA) is 67.5 Å². The van der Waals surface area contributed by atoms with Gasteiger partial charge in [-0.3, -0.25) is 0 Å². The number of primary amides is 1. The molecular weight excluding hydrogens is 190 g/mol. The molecule has 0 spiro atoms. The van der Waals surface area contributed by atoms with E-state index in [9.17, 15) is 4.79 Å². The fourth-order valence-corrected chi connectivity index (χ4v) is 1.87. The Hall–Kier alpha value is -1.32. The van der Waals surface area contributed by atoms with Crippen molar-refractivity contribution in [3.05, 3.63) is 11.6 Å². The number of hydrazone groups is 1. The monoisotopic (exact) mass is 209 g/mol. The van der Waals surface area contributed by atoms with Gasteiger partial charge in [-0.1, -0.05) is 19.4 Å². The Labute approximate surface area is 90.6 Å². The molecule has 0 saturated carbocycles. The van der Waals surface area contributed by atoms with Gasteiger partial charge in [0.1, 0.15) is 0 Å². The molecule has 1 unspecified atom stereocenters. The summed E-state index contributed by atoms with van der Waals surface area (Å²) in [5.74, 6) is 0.948. The number of hydrogen-bond acceptors (Lipinski definition) is 2. The minimum absolute atomic E-state index is 0.417. The van der Waals surface area contributed by atoms with Gasteiger partial charge >= 0.3 is 6.03 Å². The molecule has 1 atom stereocenters. The van der Waals surface area contributed by atoms with Crippen LogP contribution in [0.15, 0.2) is 16.8 Å². The van der Waals surface area contributed by atoms with Gasteiger partial charge in [-0.2, -0.15) is 5.10 Å². The maximum absolute atomic E-state index is 10.6. The van der Waals surface area contributed by atoms with Gasteiger partial charge in [0.25, 0.3) is 0 Å². The highest BCUT2D eigenvalue weighted by molar-refractivity contribution is 5.98. The fraction of sp³-hybridized carbons (Fsp3) is 0.636. The summed E-state index contributed by atoms with van der Waals surface area (Å²) in [6.07, 6.45) is 4.25. The van der Waals surface area contributed by atoms with Crippen LogP contribution in [0.4, 0.5) is 4.79 Å². The molecule has 0 aromatic rings. The molecule has 3 N–H and O–H groups in total. The van der Waals surface area contributed by atoms with Crippen molar-refractivity contribution in [2.75, 3.05) is 0 Å². The molecule has 1 aliphatic carbocycles. The zero-order valence-electron chi connectivity index (χ0n) is 9.58. The van der Waals surface area contributed by atoms with Gasteiger partial charge in [0.2, 0.25) is 0 Å². The number of urea groups is 1. The van der Waals surface area contributed by atoms with Crippen LogP contribution in [0, 0.1) is 11.8 Å². The lowest BCUT2D eigenvalue weighted by Crippen LogP contribution is -2.29. The van der Waals surface area contributed by atoms with Crippen molar-refractivity contribution in [2.45, 2.75) is 33.6 Å². The number of carbonyl (C=O) groups excluding carboxylic acids is 1. The third-order valence-electron chi connectivity index (χ3n) is 2.72. The van der Waals surface area contributed by atoms with E-state index in [1.165, 1.54) is 5.57 Å². The Morgan fingerprint density at radius 3 is 2.87 bits per heavy atom. The van der Waals surface area contributed by atoms with E-state index in [-0.39, 0.29) is 0 Å². The third kappa shape index (κ3) is 3.38. The number of hydrogen-bond donors (Lipinski definition) is 2. The smallest absolute Gasteiger partial charge is 0.332 e. The first-order valence-electron chi connectivity index (χ1n) is 5.31. The molecule has 15 heavy (non-hydrogen) atoms. The number of amides is 2. The summed E-state index contributed by atoms with van der Waals surface area (Å²) < 4.78 is 0. The molecule has 4 nitrogen and oxygen atoms in total. The average molecular weight is 209 g/mol. The van der Waals surface area contributed by atoms with Crippen LogP contribution in [0.1, 0.15) is 33.6 Å². The standard InChI is InChI=1S/C11H19N3O/c1-7(2)9-5-4-8(3)6-10(9)13-14-11(12)15/h6-7,9H,4-5H2,1-3H3,(H3,12,14,15)/b13-10-. The summed E-state index contributed by atoms with van der Waals surface area (Å²) in [4.78, 5) is 10.6. The Kier molecular flexibility index (Phi) is 3.88. The van der Waals surface area contributed by atoms with Gasteiger partial charge in [-0.05, 0) is 31.8 Å². The summed E-state index contributed by atoms with van der Waals surface area (Å²) in [7, 11) is 0. The van der Waals surface area contributed by atoms with E-state index >= 15 is 0 Å². The summed E-state index contributed by atoms with van der Waals surface area (Å²) in [5, 5.41) is 4.05. The first-order valence-corrected chi connectivity index (χ1v) is 5.31. The minimum atomic E-state index is -0.610. The van der Waals surface area contributed by atoms with Crippen LogP contribution in [0.25, 0.3) is 0 Å². The second-order valence-corrected chi connectivity index (χ2v) is 4.39. The molecule has 2 amide bonds. The van der Waals surface area contributed by atoms with Crippen molar-refractivity contribution < 1.29 is 4.79 Å². The molecule has 0 bridgehead atoms. The Morgan fingerprint density at radius 1 is 1.67 bits per heavy atom. The lowest BCUT2D eigenvalue weighted by molar-refractivity contribution is 0.249. The van der Waals surface area contributed by atoms with Crippen molar-refractivity contribution in [3.8, 4) is 0 Å². The van der Waals surface area contributed by atoms with Crippen molar-refractivity contribution in [2.24, 2.45) is 22.7 Å². The summed E-state index contributed by atoms with van der Waals surface area (Å²) >= 11 is 0. The highest BCUT2D eigenvalue weighted by Gasteiger charge is 2.22. The summed E-state index contributed by atoms with van der Waals surface area (Å²) in [5.41, 5.74) is 9.53. The molecule has 0 heterocycles. The Bertz CT molecular complexity index is 305. The number of allylic oxidation sites excluding steroid dienone is 2. The third-order valence-corrected chi connectivity index (χ3v) is 2.72. The molecule has 1 rings (SSSR count). The first kappa shape index (κ1) is 11.8. The van der Waals surface area contributed by atoms with E-state index in [2.05, 4.69) is 31.3 Å². The van der Waals surface area contributed by atoms with Crippen molar-refractivity contribution >= 4 is 11.7 Å². The van der Waals surface area contributed by atoms with Gasteiger partial charge in [-0.15, -0.1) is 0 Å². The lowest BCUT2D eigenvalue weighted by atomic mass is 9.81. The highest BCUT2D eigenvalue weighted by atomic mass is 16.2. The van der Waals surface area contributed by atoms with Crippen LogP contribution >= 0.6 is 0 Å². The van der Waals surface area contributed by atoms with Gasteiger partial charge < -0.3 is 5.73 Å². The van der Waals surface area contributed by atoms with E-state index in [0.29, 0.717) is 11.8 Å². The van der Waals surface area contributed by atoms with Crippen molar-refractivity contribution in [3.63, 3.8) is 0 Å². The summed E-state index contributed by atoms with van der Waals surface area (Å²) in [6, 6.07) is -0.610. The second kappa shape index (κ2) is 4.96. The van der Waals surface area contributed by atoms with Gasteiger partial charge in [0.15, 0.2) is 0 Å². The Balaban J connectivity index is 2.82. The summed E-state index contributed by atoms with van der Waals surface area (Å²) in [6.45, 7) is 6.41. The maximum Gasteiger partial charge on any atom is 0.332 e. The van der Waals surface area contributed by atoms with E-state index in [0.717, 1.165) is 18.6 Å². The Morgan fingerprint density at radius 2 is 2.33 bits per heavy atom. The van der Waals surface area contributed by atoms with E-state index in [4.69, 9.17) is 5.73 Å². The van der Waals surface area contributed by atoms with Crippen LogP contribution in [0.3, 0.4) is 0 Å². The number of carbonyl (C=O) groups is 1. The predicted molar refractivity (Wildman–Crippen MR) is 61.5 cm³/mol. The largest absolute Gasteiger partial charge is 0.350 e. The SMILES string of the molecule is CC1=C/C(=N/NC(N)=O)C(C(C)C)CC1. The second-order valence-electron chi connectivity index (χ2n) is 4.39. The molecule has 1 aliphatic rings. The molecule has 4 heteroatoms. The molecule has 0 radical (unpaired) electrons. The molecular formula is C11H19N3O. The molecule has 0 saturated heterocycles. The van der Waals surface area contributed by atoms with Gasteiger partial charge in [0.05, 0.1) is 5.71 Å². The zero-order chi connectivity index (χ0) is 11.4. The minimum Gasteiger partial charge on any atom is -0.350 e. The lowest BCUT2D eigenvalue weighted by Gasteiger charge is -2.25. The predicted octanol–water partition coefficient (Wildman–Crippen LogP) is 2.02. The number of nitrogens with zero attached hydrogens (tertiary/aromatic N) is 1. The molecule has 0 aromatic heterocycles. The fourth-order valence-electron chi connectivity index (χ4n) is 1.87. The maximum atomic E-state index is 10.6. The quantitative estimate of drug-likeness (QED) is 0.671. The number of nitrogens with one attached hydrogen (secondary N) is 1. The van der Waals surface area contributed by atoms with Crippen molar-refractivity contribution in [1.82, 2.24) is 5.43 Å². The van der Waals surface area contributed by atoms with Crippen LogP contribution in [-0.2, 0) is 0 Å². The molecule has 84 valence electrons. The van der Waals surface area contributed by atoms with Crippen LogP contribution < -0.4 is 11.2 Å². The average Bonchev–Trinajstić information content (AvgIpc) is 2.14. The molecule has 0 fully saturated rings. The van der Waals surface area contributed by atoms with Gasteiger partial charge in [-0.25, -0.2) is 10.2 Å². The molecule has 0 aliphatic heterocycles. The number of rotatable bonds is 2. The van der Waals surface area contributed by atoms with E-state index in [1.807, 2.05) is 6.08 Å². The highest BCUT2D eigenvalue weighted by Crippen LogP contribution is 2.27. The normalized spacial score (nSPS) is 24.1. The van der Waals surface area contributed by atoms with Crippen LogP contribution in [-0.4, -0.2) is 11.7 Å².